The largest absolute Gasteiger partial charge is 0.328 e. The first-order valence-electron chi connectivity index (χ1n) is 3.69. The molecule has 1 aliphatic rings. The molecule has 1 fully saturated rings. The predicted octanol–water partition coefficient (Wildman–Crippen LogP) is 1.43. The van der Waals surface area contributed by atoms with Crippen molar-refractivity contribution in [3.8, 4) is 0 Å². The molecule has 0 unspecified atom stereocenters. The molecule has 0 bridgehead atoms. The second kappa shape index (κ2) is 3.47. The summed E-state index contributed by atoms with van der Waals surface area (Å²) in [6.45, 7) is 0. The minimum Gasteiger partial charge on any atom is -0.328 e. The quantitative estimate of drug-likeness (QED) is 0.536. The fourth-order valence-electron chi connectivity index (χ4n) is 1.37. The molecule has 1 rings (SSSR count). The van der Waals surface area contributed by atoms with Crippen molar-refractivity contribution in [1.82, 2.24) is 0 Å². The Morgan fingerprint density at radius 2 is 1.78 bits per heavy atom. The van der Waals surface area contributed by atoms with Crippen molar-refractivity contribution in [3.63, 3.8) is 0 Å². The van der Waals surface area contributed by atoms with Crippen LogP contribution in [0.15, 0.2) is 0 Å². The third kappa shape index (κ3) is 2.18. The van der Waals surface area contributed by atoms with E-state index in [9.17, 15) is 0 Å². The van der Waals surface area contributed by atoms with Gasteiger partial charge in [0, 0.05) is 6.04 Å². The van der Waals surface area contributed by atoms with Gasteiger partial charge in [0.15, 0.2) is 0 Å². The van der Waals surface area contributed by atoms with Crippen LogP contribution < -0.4 is 5.73 Å². The summed E-state index contributed by atoms with van der Waals surface area (Å²) in [7, 11) is 0. The Bertz CT molecular complexity index is 77.0. The third-order valence-corrected chi connectivity index (χ3v) is 2.67. The van der Waals surface area contributed by atoms with Crippen LogP contribution in [-0.4, -0.2) is 11.8 Å². The van der Waals surface area contributed by atoms with Crippen molar-refractivity contribution in [2.45, 2.75) is 31.7 Å². The van der Waals surface area contributed by atoms with Crippen molar-refractivity contribution in [1.29, 1.82) is 0 Å². The van der Waals surface area contributed by atoms with E-state index >= 15 is 0 Å². The van der Waals surface area contributed by atoms with Crippen LogP contribution in [0, 0.1) is 5.92 Å². The standard InChI is InChI=1S/C7H15NS/c8-7-3-1-6(5-9)2-4-7/h6-7,9H,1-5,8H2. The summed E-state index contributed by atoms with van der Waals surface area (Å²) in [5.41, 5.74) is 5.73. The monoisotopic (exact) mass is 145 g/mol. The lowest BCUT2D eigenvalue weighted by Crippen LogP contribution is -2.26. The van der Waals surface area contributed by atoms with Gasteiger partial charge in [0.25, 0.3) is 0 Å². The van der Waals surface area contributed by atoms with Gasteiger partial charge in [-0.05, 0) is 37.4 Å². The molecule has 0 amide bonds. The minimum absolute atomic E-state index is 0.487. The number of hydrogen-bond donors (Lipinski definition) is 2. The summed E-state index contributed by atoms with van der Waals surface area (Å²) in [5.74, 6) is 1.90. The molecule has 2 N–H and O–H groups in total. The van der Waals surface area contributed by atoms with Crippen LogP contribution in [0.3, 0.4) is 0 Å². The Balaban J connectivity index is 2.18. The fourth-order valence-corrected chi connectivity index (χ4v) is 1.74. The topological polar surface area (TPSA) is 26.0 Å². The first-order valence-corrected chi connectivity index (χ1v) is 4.32. The van der Waals surface area contributed by atoms with Gasteiger partial charge in [-0.2, -0.15) is 12.6 Å². The third-order valence-electron chi connectivity index (χ3n) is 2.15. The highest BCUT2D eigenvalue weighted by atomic mass is 32.1. The van der Waals surface area contributed by atoms with E-state index in [1.54, 1.807) is 0 Å². The molecular formula is C7H15NS. The molecule has 9 heavy (non-hydrogen) atoms. The van der Waals surface area contributed by atoms with E-state index in [0.717, 1.165) is 11.7 Å². The Kier molecular flexibility index (Phi) is 2.86. The van der Waals surface area contributed by atoms with Gasteiger partial charge in [0.1, 0.15) is 0 Å². The van der Waals surface area contributed by atoms with Gasteiger partial charge in [0.05, 0.1) is 0 Å². The smallest absolute Gasteiger partial charge is 0.00390 e. The molecule has 0 saturated heterocycles. The van der Waals surface area contributed by atoms with Crippen LogP contribution in [0.2, 0.25) is 0 Å². The highest BCUT2D eigenvalue weighted by Crippen LogP contribution is 2.23. The summed E-state index contributed by atoms with van der Waals surface area (Å²) in [5, 5.41) is 0. The second-order valence-corrected chi connectivity index (χ2v) is 3.33. The SMILES string of the molecule is NC1CCC(CS)CC1. The van der Waals surface area contributed by atoms with E-state index in [-0.39, 0.29) is 0 Å². The van der Waals surface area contributed by atoms with Crippen molar-refractivity contribution >= 4 is 12.6 Å². The predicted molar refractivity (Wildman–Crippen MR) is 43.8 cm³/mol. The second-order valence-electron chi connectivity index (χ2n) is 2.96. The van der Waals surface area contributed by atoms with Crippen LogP contribution in [0.25, 0.3) is 0 Å². The van der Waals surface area contributed by atoms with E-state index in [1.807, 2.05) is 0 Å². The van der Waals surface area contributed by atoms with Gasteiger partial charge in [0.2, 0.25) is 0 Å². The molecule has 54 valence electrons. The zero-order valence-corrected chi connectivity index (χ0v) is 6.61. The molecule has 1 saturated carbocycles. The molecule has 1 aliphatic carbocycles. The van der Waals surface area contributed by atoms with Gasteiger partial charge in [-0.3, -0.25) is 0 Å². The maximum Gasteiger partial charge on any atom is 0.00390 e. The average Bonchev–Trinajstić information content (AvgIpc) is 1.90. The van der Waals surface area contributed by atoms with Gasteiger partial charge in [-0.25, -0.2) is 0 Å². The lowest BCUT2D eigenvalue weighted by Gasteiger charge is -2.24. The lowest BCUT2D eigenvalue weighted by atomic mass is 9.88. The molecule has 0 spiro atoms. The molecule has 0 heterocycles. The van der Waals surface area contributed by atoms with Crippen molar-refractivity contribution < 1.29 is 0 Å². The minimum atomic E-state index is 0.487. The van der Waals surface area contributed by atoms with Gasteiger partial charge < -0.3 is 5.73 Å². The number of nitrogens with two attached hydrogens (primary N) is 1. The molecule has 0 aromatic rings. The summed E-state index contributed by atoms with van der Waals surface area (Å²) in [6.07, 6.45) is 5.02. The van der Waals surface area contributed by atoms with Gasteiger partial charge in [-0.1, -0.05) is 0 Å². The zero-order valence-electron chi connectivity index (χ0n) is 5.71. The van der Waals surface area contributed by atoms with Crippen molar-refractivity contribution in [2.24, 2.45) is 11.7 Å². The van der Waals surface area contributed by atoms with E-state index in [4.69, 9.17) is 5.73 Å². The summed E-state index contributed by atoms with van der Waals surface area (Å²) >= 11 is 4.25. The van der Waals surface area contributed by atoms with Gasteiger partial charge >= 0.3 is 0 Å². The highest BCUT2D eigenvalue weighted by Gasteiger charge is 2.16. The molecule has 0 aromatic heterocycles. The first kappa shape index (κ1) is 7.42. The van der Waals surface area contributed by atoms with Crippen molar-refractivity contribution in [2.75, 3.05) is 5.75 Å². The number of hydrogen-bond acceptors (Lipinski definition) is 2. The highest BCUT2D eigenvalue weighted by molar-refractivity contribution is 7.80. The first-order chi connectivity index (χ1) is 4.33. The summed E-state index contributed by atoms with van der Waals surface area (Å²) in [6, 6.07) is 0.487. The summed E-state index contributed by atoms with van der Waals surface area (Å²) in [4.78, 5) is 0. The average molecular weight is 145 g/mol. The molecular weight excluding hydrogens is 130 g/mol. The number of thiol groups is 1. The molecule has 0 atom stereocenters. The van der Waals surface area contributed by atoms with Crippen LogP contribution in [0.4, 0.5) is 0 Å². The maximum absolute atomic E-state index is 5.73. The fraction of sp³-hybridized carbons (Fsp3) is 1.00. The van der Waals surface area contributed by atoms with Crippen molar-refractivity contribution in [3.05, 3.63) is 0 Å². The van der Waals surface area contributed by atoms with E-state index < -0.39 is 0 Å². The number of rotatable bonds is 1. The van der Waals surface area contributed by atoms with Crippen LogP contribution in [0.1, 0.15) is 25.7 Å². The summed E-state index contributed by atoms with van der Waals surface area (Å²) < 4.78 is 0. The van der Waals surface area contributed by atoms with E-state index in [1.165, 1.54) is 25.7 Å². The molecule has 0 radical (unpaired) electrons. The maximum atomic E-state index is 5.73. The Morgan fingerprint density at radius 1 is 1.22 bits per heavy atom. The van der Waals surface area contributed by atoms with Crippen LogP contribution in [-0.2, 0) is 0 Å². The molecule has 0 aliphatic heterocycles. The Labute approximate surface area is 62.4 Å². The zero-order chi connectivity index (χ0) is 6.69. The Hall–Kier alpha value is 0.310. The molecule has 1 nitrogen and oxygen atoms in total. The van der Waals surface area contributed by atoms with Crippen LogP contribution >= 0.6 is 12.6 Å². The van der Waals surface area contributed by atoms with Gasteiger partial charge in [-0.15, -0.1) is 0 Å². The van der Waals surface area contributed by atoms with E-state index in [2.05, 4.69) is 12.6 Å². The Morgan fingerprint density at radius 3 is 2.22 bits per heavy atom. The normalized spacial score (nSPS) is 36.7. The lowest BCUT2D eigenvalue weighted by molar-refractivity contribution is 0.353. The molecule has 2 heteroatoms. The van der Waals surface area contributed by atoms with Crippen LogP contribution in [0.5, 0.6) is 0 Å². The van der Waals surface area contributed by atoms with E-state index in [0.29, 0.717) is 6.04 Å². The molecule has 0 aromatic carbocycles.